The Morgan fingerprint density at radius 3 is 2.54 bits per heavy atom. The summed E-state index contributed by atoms with van der Waals surface area (Å²) in [5.74, 6) is 0.634. The van der Waals surface area contributed by atoms with Gasteiger partial charge in [0.1, 0.15) is 17.1 Å². The first-order valence-electron chi connectivity index (χ1n) is 12.2. The van der Waals surface area contributed by atoms with E-state index in [9.17, 15) is 14.7 Å². The monoisotopic (exact) mass is 472 g/mol. The van der Waals surface area contributed by atoms with E-state index in [1.165, 1.54) is 22.7 Å². The van der Waals surface area contributed by atoms with Crippen molar-refractivity contribution in [3.8, 4) is 11.5 Å². The molecule has 2 aromatic rings. The fourth-order valence-corrected chi connectivity index (χ4v) is 6.17. The van der Waals surface area contributed by atoms with Crippen molar-refractivity contribution in [1.82, 2.24) is 0 Å². The number of hydrogen-bond acceptors (Lipinski definition) is 5. The molecular formula is C28H28N2O5. The molecule has 4 aliphatic rings. The molecule has 0 saturated heterocycles. The predicted molar refractivity (Wildman–Crippen MR) is 132 cm³/mol. The van der Waals surface area contributed by atoms with E-state index >= 15 is 0 Å². The van der Waals surface area contributed by atoms with Gasteiger partial charge in [0.05, 0.1) is 22.5 Å². The number of ether oxygens (including phenoxy) is 1. The lowest BCUT2D eigenvalue weighted by atomic mass is 9.81. The van der Waals surface area contributed by atoms with E-state index in [4.69, 9.17) is 9.84 Å². The van der Waals surface area contributed by atoms with Crippen LogP contribution in [0, 0.1) is 0 Å². The molecule has 180 valence electrons. The highest BCUT2D eigenvalue weighted by Gasteiger charge is 2.45. The van der Waals surface area contributed by atoms with Gasteiger partial charge in [-0.2, -0.15) is 10.1 Å². The van der Waals surface area contributed by atoms with Crippen molar-refractivity contribution in [2.45, 2.75) is 70.3 Å². The number of anilines is 1. The number of carboxylic acid groups (broad SMARTS) is 1. The second kappa shape index (κ2) is 7.44. The Morgan fingerprint density at radius 2 is 1.86 bits per heavy atom. The first-order valence-corrected chi connectivity index (χ1v) is 12.2. The van der Waals surface area contributed by atoms with E-state index in [1.807, 2.05) is 0 Å². The van der Waals surface area contributed by atoms with Gasteiger partial charge in [0.2, 0.25) is 0 Å². The van der Waals surface area contributed by atoms with Crippen LogP contribution < -0.4 is 9.75 Å². The van der Waals surface area contributed by atoms with Crippen molar-refractivity contribution in [2.24, 2.45) is 5.10 Å². The molecule has 2 unspecified atom stereocenters. The summed E-state index contributed by atoms with van der Waals surface area (Å²) in [6, 6.07) is 6.05. The standard InChI is InChI=1S/C28H28N2O5/c1-14-20(26(32)30(29-14)18-8-6-15(7-9-18)27(33)34)13-21-19-10-11-28(2,3)35-25(19)23-17-5-4-16(12-17)22(23)24(21)31/h6-9,13,16-17,31H,4-5,10-12H2,1-3H3,(H,33,34). The first-order chi connectivity index (χ1) is 16.6. The SMILES string of the molecule is CC1=NN(c2ccc(C(=O)O)cc2)C(=O)C1=Cc1c(O)c2c(c3c1CCC(C)(C)O3)C1CCC2C1. The summed E-state index contributed by atoms with van der Waals surface area (Å²) in [5.41, 5.74) is 5.16. The Kier molecular flexibility index (Phi) is 4.66. The van der Waals surface area contributed by atoms with Gasteiger partial charge in [-0.3, -0.25) is 4.79 Å². The summed E-state index contributed by atoms with van der Waals surface area (Å²) in [6.45, 7) is 5.98. The van der Waals surface area contributed by atoms with Crippen LogP contribution in [0.1, 0.15) is 90.9 Å². The van der Waals surface area contributed by atoms with Gasteiger partial charge in [0.25, 0.3) is 5.91 Å². The number of carboxylic acids is 1. The quantitative estimate of drug-likeness (QED) is 0.586. The van der Waals surface area contributed by atoms with Crippen LogP contribution in [0.3, 0.4) is 0 Å². The highest BCUT2D eigenvalue weighted by molar-refractivity contribution is 6.32. The minimum absolute atomic E-state index is 0.142. The molecule has 2 aliphatic heterocycles. The third kappa shape index (κ3) is 3.28. The number of carbonyl (C=O) groups excluding carboxylic acids is 1. The molecular weight excluding hydrogens is 444 g/mol. The second-order valence-electron chi connectivity index (χ2n) is 10.7. The summed E-state index contributed by atoms with van der Waals surface area (Å²) in [6.07, 6.45) is 6.63. The molecule has 7 nitrogen and oxygen atoms in total. The fraction of sp³-hybridized carbons (Fsp3) is 0.393. The second-order valence-corrected chi connectivity index (χ2v) is 10.7. The molecule has 1 amide bonds. The topological polar surface area (TPSA) is 99.4 Å². The molecule has 2 atom stereocenters. The number of phenols is 1. The Labute approximate surface area is 203 Å². The van der Waals surface area contributed by atoms with Crippen molar-refractivity contribution < 1.29 is 24.5 Å². The zero-order valence-electron chi connectivity index (χ0n) is 20.1. The number of phenolic OH excluding ortho intramolecular Hbond substituents is 1. The van der Waals surface area contributed by atoms with Crippen LogP contribution in [0.2, 0.25) is 0 Å². The van der Waals surface area contributed by atoms with Crippen LogP contribution >= 0.6 is 0 Å². The molecule has 0 aromatic heterocycles. The summed E-state index contributed by atoms with van der Waals surface area (Å²) in [4.78, 5) is 24.6. The number of hydrazone groups is 1. The molecule has 2 aliphatic carbocycles. The smallest absolute Gasteiger partial charge is 0.335 e. The maximum absolute atomic E-state index is 13.4. The zero-order chi connectivity index (χ0) is 24.6. The van der Waals surface area contributed by atoms with Gasteiger partial charge >= 0.3 is 5.97 Å². The van der Waals surface area contributed by atoms with Crippen LogP contribution in [0.4, 0.5) is 5.69 Å². The van der Waals surface area contributed by atoms with Crippen LogP contribution in [0.25, 0.3) is 6.08 Å². The molecule has 1 saturated carbocycles. The van der Waals surface area contributed by atoms with Gasteiger partial charge in [-0.25, -0.2) is 4.79 Å². The molecule has 1 fully saturated rings. The van der Waals surface area contributed by atoms with E-state index in [2.05, 4.69) is 18.9 Å². The largest absolute Gasteiger partial charge is 0.507 e. The molecule has 2 aromatic carbocycles. The molecule has 2 N–H and O–H groups in total. The van der Waals surface area contributed by atoms with E-state index < -0.39 is 5.97 Å². The lowest BCUT2D eigenvalue weighted by Gasteiger charge is -2.37. The van der Waals surface area contributed by atoms with Crippen molar-refractivity contribution in [1.29, 1.82) is 0 Å². The Balaban J connectivity index is 1.44. The van der Waals surface area contributed by atoms with Gasteiger partial charge < -0.3 is 14.9 Å². The number of aromatic carboxylic acids is 1. The number of benzene rings is 2. The fourth-order valence-electron chi connectivity index (χ4n) is 6.17. The predicted octanol–water partition coefficient (Wildman–Crippen LogP) is 5.36. The third-order valence-corrected chi connectivity index (χ3v) is 7.96. The number of rotatable bonds is 3. The molecule has 7 heteroatoms. The summed E-state index contributed by atoms with van der Waals surface area (Å²) in [7, 11) is 0. The van der Waals surface area contributed by atoms with Gasteiger partial charge in [-0.1, -0.05) is 0 Å². The van der Waals surface area contributed by atoms with Crippen LogP contribution in [0.15, 0.2) is 34.9 Å². The van der Waals surface area contributed by atoms with Crippen molar-refractivity contribution in [3.05, 3.63) is 57.7 Å². The molecule has 2 bridgehead atoms. The molecule has 35 heavy (non-hydrogen) atoms. The highest BCUT2D eigenvalue weighted by Crippen LogP contribution is 2.61. The number of aromatic hydroxyl groups is 1. The van der Waals surface area contributed by atoms with Crippen LogP contribution in [0.5, 0.6) is 11.5 Å². The molecule has 2 heterocycles. The van der Waals surface area contributed by atoms with E-state index in [0.717, 1.165) is 49.0 Å². The number of nitrogens with zero attached hydrogens (tertiary/aromatic N) is 2. The summed E-state index contributed by atoms with van der Waals surface area (Å²) in [5, 5.41) is 26.4. The molecule has 6 rings (SSSR count). The summed E-state index contributed by atoms with van der Waals surface area (Å²) >= 11 is 0. The van der Waals surface area contributed by atoms with Gasteiger partial charge in [0.15, 0.2) is 0 Å². The average molecular weight is 473 g/mol. The Bertz CT molecular complexity index is 1350. The van der Waals surface area contributed by atoms with Gasteiger partial charge in [0, 0.05) is 22.3 Å². The first kappa shape index (κ1) is 21.9. The Morgan fingerprint density at radius 1 is 1.17 bits per heavy atom. The van der Waals surface area contributed by atoms with Crippen molar-refractivity contribution >= 4 is 29.4 Å². The number of amides is 1. The Hall–Kier alpha value is -3.61. The number of carbonyl (C=O) groups is 2. The normalized spacial score (nSPS) is 24.9. The minimum Gasteiger partial charge on any atom is -0.507 e. The zero-order valence-corrected chi connectivity index (χ0v) is 20.1. The highest BCUT2D eigenvalue weighted by atomic mass is 16.5. The minimum atomic E-state index is -1.03. The number of fused-ring (bicyclic) bond motifs is 7. The van der Waals surface area contributed by atoms with Gasteiger partial charge in [-0.15, -0.1) is 0 Å². The van der Waals surface area contributed by atoms with Crippen LogP contribution in [-0.2, 0) is 11.2 Å². The lowest BCUT2D eigenvalue weighted by Crippen LogP contribution is -2.34. The van der Waals surface area contributed by atoms with E-state index in [1.54, 1.807) is 25.1 Å². The lowest BCUT2D eigenvalue weighted by molar-refractivity contribution is -0.114. The number of hydrogen-bond donors (Lipinski definition) is 2. The van der Waals surface area contributed by atoms with Gasteiger partial charge in [-0.05, 0) is 95.1 Å². The summed E-state index contributed by atoms with van der Waals surface area (Å²) < 4.78 is 6.54. The maximum atomic E-state index is 13.4. The van der Waals surface area contributed by atoms with Crippen molar-refractivity contribution in [3.63, 3.8) is 0 Å². The van der Waals surface area contributed by atoms with Crippen molar-refractivity contribution in [2.75, 3.05) is 5.01 Å². The molecule has 0 radical (unpaired) electrons. The maximum Gasteiger partial charge on any atom is 0.335 e. The molecule has 0 spiro atoms. The average Bonchev–Trinajstić information content (AvgIpc) is 3.51. The van der Waals surface area contributed by atoms with Crippen LogP contribution in [-0.4, -0.2) is 33.4 Å². The third-order valence-electron chi connectivity index (χ3n) is 7.96. The van der Waals surface area contributed by atoms with E-state index in [0.29, 0.717) is 34.4 Å². The van der Waals surface area contributed by atoms with E-state index in [-0.39, 0.29) is 22.8 Å².